The molecule has 0 saturated carbocycles. The van der Waals surface area contributed by atoms with Crippen LogP contribution in [0.1, 0.15) is 15.9 Å². The smallest absolute Gasteiger partial charge is 0.255 e. The molecule has 0 aliphatic carbocycles. The Morgan fingerprint density at radius 2 is 1.91 bits per heavy atom. The fraction of sp³-hybridized carbons (Fsp3) is 0.0870. The highest BCUT2D eigenvalue weighted by molar-refractivity contribution is 6.06. The number of hydrogen-bond donors (Lipinski definition) is 4. The lowest BCUT2D eigenvalue weighted by Gasteiger charge is -2.15. The molecule has 1 amide bonds. The Labute approximate surface area is 183 Å². The van der Waals surface area contributed by atoms with E-state index < -0.39 is 0 Å². The molecule has 0 aliphatic heterocycles. The Morgan fingerprint density at radius 3 is 2.66 bits per heavy atom. The van der Waals surface area contributed by atoms with Crippen LogP contribution in [0, 0.1) is 6.92 Å². The molecule has 4 aromatic rings. The van der Waals surface area contributed by atoms with Gasteiger partial charge in [-0.3, -0.25) is 15.2 Å². The average Bonchev–Trinajstić information content (AvgIpc) is 2.78. The van der Waals surface area contributed by atoms with Crippen molar-refractivity contribution < 1.29 is 19.9 Å². The Bertz CT molecular complexity index is 1320. The highest BCUT2D eigenvalue weighted by Crippen LogP contribution is 2.31. The quantitative estimate of drug-likeness (QED) is 0.348. The number of benzene rings is 3. The first-order valence-corrected chi connectivity index (χ1v) is 9.66. The Hall–Kier alpha value is -4.21. The van der Waals surface area contributed by atoms with Gasteiger partial charge in [-0.1, -0.05) is 12.1 Å². The van der Waals surface area contributed by atoms with Gasteiger partial charge in [-0.25, -0.2) is 9.97 Å². The second kappa shape index (κ2) is 8.50. The number of methoxy groups -OCH3 is 1. The van der Waals surface area contributed by atoms with Gasteiger partial charge in [-0.05, 0) is 66.1 Å². The van der Waals surface area contributed by atoms with Crippen molar-refractivity contribution >= 4 is 34.1 Å². The molecule has 9 nitrogen and oxygen atoms in total. The molecule has 5 N–H and O–H groups in total. The van der Waals surface area contributed by atoms with E-state index in [9.17, 15) is 15.2 Å². The van der Waals surface area contributed by atoms with Crippen molar-refractivity contribution in [1.82, 2.24) is 9.97 Å². The third kappa shape index (κ3) is 4.15. The minimum absolute atomic E-state index is 0.0316. The van der Waals surface area contributed by atoms with Crippen LogP contribution in [0.4, 0.5) is 17.3 Å². The summed E-state index contributed by atoms with van der Waals surface area (Å²) < 4.78 is 5.26. The van der Waals surface area contributed by atoms with Crippen LogP contribution in [0.25, 0.3) is 22.0 Å². The molecule has 0 saturated heterocycles. The van der Waals surface area contributed by atoms with E-state index in [4.69, 9.17) is 10.5 Å². The molecule has 0 aliphatic rings. The molecule has 0 unspecified atom stereocenters. The Kier molecular flexibility index (Phi) is 5.59. The molecular formula is C23H21N5O4. The van der Waals surface area contributed by atoms with Crippen LogP contribution in [0.15, 0.2) is 60.8 Å². The van der Waals surface area contributed by atoms with Crippen molar-refractivity contribution in [2.24, 2.45) is 0 Å². The van der Waals surface area contributed by atoms with Crippen LogP contribution in [0.3, 0.4) is 0 Å². The van der Waals surface area contributed by atoms with Crippen LogP contribution in [0.5, 0.6) is 5.75 Å². The second-order valence-corrected chi connectivity index (χ2v) is 7.16. The normalized spacial score (nSPS) is 10.8. The standard InChI is InChI=1S/C23H21N5O4/c1-13-3-4-15(22(29)26-20-11-17(28(30)31)6-8-21(20)32-2)10-18(13)14-5-7-19-16(9-14)12-25-23(24)27-19/h3-12,30-31H,1-2H3,(H,26,29)(H2,24,25,27). The van der Waals surface area contributed by atoms with E-state index >= 15 is 0 Å². The molecule has 0 bridgehead atoms. The van der Waals surface area contributed by atoms with Gasteiger partial charge in [-0.2, -0.15) is 0 Å². The van der Waals surface area contributed by atoms with E-state index in [1.54, 1.807) is 18.3 Å². The first kappa shape index (κ1) is 21.0. The minimum atomic E-state index is -0.374. The SMILES string of the molecule is COc1ccc(N(O)O)cc1NC(=O)c1ccc(C)c(-c2ccc3nc(N)ncc3c2)c1. The number of anilines is 3. The zero-order valence-electron chi connectivity index (χ0n) is 17.4. The molecule has 0 atom stereocenters. The largest absolute Gasteiger partial charge is 0.495 e. The number of nitrogens with two attached hydrogens (primary N) is 1. The minimum Gasteiger partial charge on any atom is -0.495 e. The highest BCUT2D eigenvalue weighted by atomic mass is 16.8. The van der Waals surface area contributed by atoms with E-state index in [0.717, 1.165) is 27.6 Å². The van der Waals surface area contributed by atoms with Gasteiger partial charge in [0.25, 0.3) is 5.91 Å². The monoisotopic (exact) mass is 431 g/mol. The first-order chi connectivity index (χ1) is 15.4. The van der Waals surface area contributed by atoms with Crippen LogP contribution >= 0.6 is 0 Å². The summed E-state index contributed by atoms with van der Waals surface area (Å²) in [7, 11) is 1.46. The van der Waals surface area contributed by atoms with E-state index in [1.807, 2.05) is 31.2 Å². The number of nitrogen functional groups attached to an aromatic ring is 1. The maximum atomic E-state index is 13.0. The number of carbonyl (C=O) groups excluding carboxylic acids is 1. The summed E-state index contributed by atoms with van der Waals surface area (Å²) in [5, 5.41) is 22.1. The van der Waals surface area contributed by atoms with E-state index in [0.29, 0.717) is 17.0 Å². The fourth-order valence-electron chi connectivity index (χ4n) is 3.40. The number of hydrogen-bond acceptors (Lipinski definition) is 8. The van der Waals surface area contributed by atoms with Gasteiger partial charge in [0.05, 0.1) is 24.0 Å². The number of rotatable bonds is 5. The first-order valence-electron chi connectivity index (χ1n) is 9.66. The number of fused-ring (bicyclic) bond motifs is 1. The van der Waals surface area contributed by atoms with Gasteiger partial charge in [-0.15, -0.1) is 5.23 Å². The summed E-state index contributed by atoms with van der Waals surface area (Å²) in [6.45, 7) is 1.96. The lowest BCUT2D eigenvalue weighted by Crippen LogP contribution is -2.15. The molecule has 0 fully saturated rings. The third-order valence-corrected chi connectivity index (χ3v) is 5.07. The van der Waals surface area contributed by atoms with Gasteiger partial charge in [0.2, 0.25) is 5.95 Å². The number of aryl methyl sites for hydroxylation is 1. The lowest BCUT2D eigenvalue weighted by atomic mass is 9.97. The summed E-state index contributed by atoms with van der Waals surface area (Å²) >= 11 is 0. The second-order valence-electron chi connectivity index (χ2n) is 7.16. The van der Waals surface area contributed by atoms with E-state index in [-0.39, 0.29) is 22.8 Å². The molecule has 32 heavy (non-hydrogen) atoms. The van der Waals surface area contributed by atoms with Crippen LogP contribution in [-0.2, 0) is 0 Å². The molecule has 1 aromatic heterocycles. The summed E-state index contributed by atoms with van der Waals surface area (Å²) in [6.07, 6.45) is 1.66. The summed E-state index contributed by atoms with van der Waals surface area (Å²) in [5.74, 6) is 0.219. The molecule has 9 heteroatoms. The number of amides is 1. The van der Waals surface area contributed by atoms with Crippen molar-refractivity contribution in [2.75, 3.05) is 23.4 Å². The summed E-state index contributed by atoms with van der Waals surface area (Å²) in [6, 6.07) is 15.5. The van der Waals surface area contributed by atoms with Gasteiger partial charge in [0.15, 0.2) is 0 Å². The van der Waals surface area contributed by atoms with Gasteiger partial charge in [0.1, 0.15) is 5.75 Å². The number of aromatic nitrogens is 2. The van der Waals surface area contributed by atoms with Crippen LogP contribution < -0.4 is 21.0 Å². The predicted molar refractivity (Wildman–Crippen MR) is 121 cm³/mol. The number of nitrogens with one attached hydrogen (secondary N) is 1. The Balaban J connectivity index is 1.68. The summed E-state index contributed by atoms with van der Waals surface area (Å²) in [4.78, 5) is 21.2. The highest BCUT2D eigenvalue weighted by Gasteiger charge is 2.14. The zero-order valence-corrected chi connectivity index (χ0v) is 17.4. The van der Waals surface area contributed by atoms with Crippen molar-refractivity contribution in [3.05, 3.63) is 71.9 Å². The maximum Gasteiger partial charge on any atom is 0.255 e. The maximum absolute atomic E-state index is 13.0. The Morgan fingerprint density at radius 1 is 1.09 bits per heavy atom. The van der Waals surface area contributed by atoms with Crippen molar-refractivity contribution in [3.8, 4) is 16.9 Å². The van der Waals surface area contributed by atoms with Gasteiger partial charge >= 0.3 is 0 Å². The fourth-order valence-corrected chi connectivity index (χ4v) is 3.40. The predicted octanol–water partition coefficient (Wildman–Crippen LogP) is 4.03. The van der Waals surface area contributed by atoms with Crippen LogP contribution in [0.2, 0.25) is 0 Å². The molecule has 162 valence electrons. The molecule has 1 heterocycles. The average molecular weight is 431 g/mol. The molecule has 0 radical (unpaired) electrons. The number of ether oxygens (including phenoxy) is 1. The molecule has 4 rings (SSSR count). The van der Waals surface area contributed by atoms with Gasteiger partial charge in [0, 0.05) is 17.1 Å². The van der Waals surface area contributed by atoms with Crippen molar-refractivity contribution in [3.63, 3.8) is 0 Å². The summed E-state index contributed by atoms with van der Waals surface area (Å²) in [5.41, 5.74) is 9.98. The van der Waals surface area contributed by atoms with E-state index in [1.165, 1.54) is 25.3 Å². The van der Waals surface area contributed by atoms with Crippen LogP contribution in [-0.4, -0.2) is 33.4 Å². The van der Waals surface area contributed by atoms with Crippen molar-refractivity contribution in [2.45, 2.75) is 6.92 Å². The topological polar surface area (TPSA) is 134 Å². The number of carbonyl (C=O) groups is 1. The molecule has 0 spiro atoms. The lowest BCUT2D eigenvalue weighted by molar-refractivity contribution is 0.0291. The zero-order chi connectivity index (χ0) is 22.8. The number of nitrogens with zero attached hydrogens (tertiary/aromatic N) is 3. The third-order valence-electron chi connectivity index (χ3n) is 5.07. The van der Waals surface area contributed by atoms with E-state index in [2.05, 4.69) is 15.3 Å². The molecule has 3 aromatic carbocycles. The van der Waals surface area contributed by atoms with Gasteiger partial charge < -0.3 is 15.8 Å². The van der Waals surface area contributed by atoms with Crippen molar-refractivity contribution in [1.29, 1.82) is 0 Å². The molecular weight excluding hydrogens is 410 g/mol.